The Morgan fingerprint density at radius 3 is 1.93 bits per heavy atom. The van der Waals surface area contributed by atoms with Gasteiger partial charge in [-0.3, -0.25) is 0 Å². The minimum atomic E-state index is -0.246. The van der Waals surface area contributed by atoms with Crippen LogP contribution in [0.5, 0.6) is 0 Å². The highest BCUT2D eigenvalue weighted by Gasteiger charge is 2.13. The Labute approximate surface area is 98.7 Å². The summed E-state index contributed by atoms with van der Waals surface area (Å²) in [6.45, 7) is 8.26. The molecule has 86 valence electrons. The highest BCUT2D eigenvalue weighted by Crippen LogP contribution is 2.06. The van der Waals surface area contributed by atoms with E-state index in [4.69, 9.17) is 9.47 Å². The first-order valence-electron chi connectivity index (χ1n) is 5.43. The molecule has 0 unspecified atom stereocenters. The molecule has 4 heteroatoms. The minimum Gasteiger partial charge on any atom is -0.354 e. The van der Waals surface area contributed by atoms with Gasteiger partial charge in [0.1, 0.15) is 5.91 Å². The van der Waals surface area contributed by atoms with Crippen LogP contribution >= 0.6 is 15.9 Å². The van der Waals surface area contributed by atoms with E-state index < -0.39 is 0 Å². The molecular formula is C10H23BrO2Si. The second kappa shape index (κ2) is 8.89. The van der Waals surface area contributed by atoms with Gasteiger partial charge in [0.25, 0.3) is 0 Å². The van der Waals surface area contributed by atoms with Crippen LogP contribution in [-0.2, 0) is 9.47 Å². The fraction of sp³-hybridized carbons (Fsp3) is 1.00. The summed E-state index contributed by atoms with van der Waals surface area (Å²) in [6.07, 6.45) is 1.79. The second-order valence-corrected chi connectivity index (χ2v) is 6.73. The molecule has 0 heterocycles. The van der Waals surface area contributed by atoms with E-state index in [2.05, 4.69) is 43.6 Å². The minimum absolute atomic E-state index is 0.106. The molecule has 0 bridgehead atoms. The third-order valence-electron chi connectivity index (χ3n) is 1.67. The molecule has 0 aliphatic heterocycles. The van der Waals surface area contributed by atoms with Crippen LogP contribution in [0.3, 0.4) is 0 Å². The normalized spacial score (nSPS) is 12.9. The molecule has 0 aliphatic rings. The Hall–Kier alpha value is 0.617. The summed E-state index contributed by atoms with van der Waals surface area (Å²) < 4.78 is 11.5. The van der Waals surface area contributed by atoms with Gasteiger partial charge in [-0.25, -0.2) is 0 Å². The highest BCUT2D eigenvalue weighted by molar-refractivity contribution is 9.09. The average molecular weight is 283 g/mol. The Kier molecular flexibility index (Phi) is 9.28. The van der Waals surface area contributed by atoms with E-state index in [0.29, 0.717) is 0 Å². The predicted molar refractivity (Wildman–Crippen MR) is 68.0 cm³/mol. The van der Waals surface area contributed by atoms with Gasteiger partial charge in [-0.2, -0.15) is 0 Å². The summed E-state index contributed by atoms with van der Waals surface area (Å²) in [5.74, 6) is 0.106. The van der Waals surface area contributed by atoms with Crippen LogP contribution in [0.1, 0.15) is 34.1 Å². The van der Waals surface area contributed by atoms with E-state index >= 15 is 0 Å². The first-order chi connectivity index (χ1) is 6.56. The van der Waals surface area contributed by atoms with E-state index in [1.54, 1.807) is 0 Å². The van der Waals surface area contributed by atoms with Crippen molar-refractivity contribution < 1.29 is 9.47 Å². The maximum absolute atomic E-state index is 5.73. The van der Waals surface area contributed by atoms with E-state index in [-0.39, 0.29) is 27.6 Å². The first-order valence-corrected chi connectivity index (χ1v) is 8.37. The molecule has 0 saturated carbocycles. The Morgan fingerprint density at radius 1 is 1.07 bits per heavy atom. The van der Waals surface area contributed by atoms with Crippen molar-refractivity contribution in [2.24, 2.45) is 0 Å². The lowest BCUT2D eigenvalue weighted by Crippen LogP contribution is -2.30. The molecule has 0 radical (unpaired) electrons. The summed E-state index contributed by atoms with van der Waals surface area (Å²) >= 11 is 3.44. The van der Waals surface area contributed by atoms with Gasteiger partial charge in [0, 0.05) is 5.33 Å². The molecule has 0 saturated heterocycles. The molecule has 0 rings (SSSR count). The fourth-order valence-corrected chi connectivity index (χ4v) is 4.22. The smallest absolute Gasteiger partial charge is 0.135 e. The average Bonchev–Trinajstić information content (AvgIpc) is 2.02. The van der Waals surface area contributed by atoms with Crippen LogP contribution in [0.25, 0.3) is 0 Å². The van der Waals surface area contributed by atoms with Gasteiger partial charge in [0.05, 0.1) is 21.7 Å². The van der Waals surface area contributed by atoms with Crippen LogP contribution in [0.4, 0.5) is 0 Å². The standard InChI is InChI=1S/C10H23BrO2Si/c1-8(2)12-10(13-9(3)4)14-7-5-6-11/h8-10H,5-7,14H2,1-4H3. The molecule has 0 atom stereocenters. The van der Waals surface area contributed by atoms with Crippen molar-refractivity contribution in [2.75, 3.05) is 5.33 Å². The monoisotopic (exact) mass is 282 g/mol. The third-order valence-corrected chi connectivity index (χ3v) is 4.00. The Balaban J connectivity index is 3.72. The van der Waals surface area contributed by atoms with E-state index in [9.17, 15) is 0 Å². The number of halogens is 1. The van der Waals surface area contributed by atoms with Gasteiger partial charge in [0.2, 0.25) is 0 Å². The van der Waals surface area contributed by atoms with E-state index in [1.165, 1.54) is 12.5 Å². The van der Waals surface area contributed by atoms with Gasteiger partial charge < -0.3 is 9.47 Å². The van der Waals surface area contributed by atoms with Crippen molar-refractivity contribution in [3.63, 3.8) is 0 Å². The molecule has 0 N–H and O–H groups in total. The topological polar surface area (TPSA) is 18.5 Å². The Bertz CT molecular complexity index is 121. The molecule has 0 amide bonds. The van der Waals surface area contributed by atoms with Crippen LogP contribution in [-0.4, -0.2) is 33.0 Å². The highest BCUT2D eigenvalue weighted by atomic mass is 79.9. The van der Waals surface area contributed by atoms with Gasteiger partial charge in [-0.1, -0.05) is 22.0 Å². The predicted octanol–water partition coefficient (Wildman–Crippen LogP) is 2.49. The molecule has 2 nitrogen and oxygen atoms in total. The molecule has 0 aromatic rings. The number of rotatable bonds is 8. The number of alkyl halides is 1. The van der Waals surface area contributed by atoms with E-state index in [0.717, 1.165) is 5.33 Å². The third kappa shape index (κ3) is 9.18. The number of hydrogen-bond acceptors (Lipinski definition) is 2. The van der Waals surface area contributed by atoms with Crippen molar-refractivity contribution in [3.05, 3.63) is 0 Å². The maximum atomic E-state index is 5.73. The number of ether oxygens (including phenoxy) is 2. The van der Waals surface area contributed by atoms with Crippen LogP contribution in [0.2, 0.25) is 6.04 Å². The van der Waals surface area contributed by atoms with Crippen molar-refractivity contribution >= 4 is 25.4 Å². The lowest BCUT2D eigenvalue weighted by atomic mass is 10.5. The first kappa shape index (κ1) is 14.6. The van der Waals surface area contributed by atoms with Gasteiger partial charge in [0.15, 0.2) is 0 Å². The molecule has 0 fully saturated rings. The van der Waals surface area contributed by atoms with Gasteiger partial charge in [-0.15, -0.1) is 0 Å². The van der Waals surface area contributed by atoms with Crippen molar-refractivity contribution in [3.8, 4) is 0 Å². The van der Waals surface area contributed by atoms with Crippen molar-refractivity contribution in [1.82, 2.24) is 0 Å². The lowest BCUT2D eigenvalue weighted by molar-refractivity contribution is -0.134. The molecule has 0 aromatic carbocycles. The maximum Gasteiger partial charge on any atom is 0.135 e. The number of hydrogen-bond donors (Lipinski definition) is 0. The molecular weight excluding hydrogens is 260 g/mol. The zero-order chi connectivity index (χ0) is 11.0. The quantitative estimate of drug-likeness (QED) is 0.295. The van der Waals surface area contributed by atoms with Crippen molar-refractivity contribution in [2.45, 2.75) is 58.3 Å². The largest absolute Gasteiger partial charge is 0.354 e. The van der Waals surface area contributed by atoms with Crippen LogP contribution in [0, 0.1) is 0 Å². The van der Waals surface area contributed by atoms with Crippen molar-refractivity contribution in [1.29, 1.82) is 0 Å². The summed E-state index contributed by atoms with van der Waals surface area (Å²) in [6, 6.07) is 1.29. The molecule has 0 spiro atoms. The second-order valence-electron chi connectivity index (χ2n) is 3.98. The molecule has 14 heavy (non-hydrogen) atoms. The zero-order valence-corrected chi connectivity index (χ0v) is 12.8. The van der Waals surface area contributed by atoms with Crippen LogP contribution in [0.15, 0.2) is 0 Å². The summed E-state index contributed by atoms with van der Waals surface area (Å²) in [7, 11) is -0.246. The molecule has 0 aromatic heterocycles. The summed E-state index contributed by atoms with van der Waals surface area (Å²) in [4.78, 5) is 0. The zero-order valence-electron chi connectivity index (χ0n) is 9.75. The summed E-state index contributed by atoms with van der Waals surface area (Å²) in [5.41, 5.74) is 0. The SMILES string of the molecule is CC(C)OC(OC(C)C)[SiH2]CCCBr. The summed E-state index contributed by atoms with van der Waals surface area (Å²) in [5, 5.41) is 1.09. The fourth-order valence-electron chi connectivity index (χ4n) is 1.18. The lowest BCUT2D eigenvalue weighted by Gasteiger charge is -2.22. The molecule has 0 aliphatic carbocycles. The van der Waals surface area contributed by atoms with E-state index in [1.807, 2.05) is 0 Å². The van der Waals surface area contributed by atoms with Gasteiger partial charge >= 0.3 is 0 Å². The Morgan fingerprint density at radius 2 is 1.57 bits per heavy atom. The van der Waals surface area contributed by atoms with Gasteiger partial charge in [-0.05, 0) is 34.1 Å². The van der Waals surface area contributed by atoms with Crippen LogP contribution < -0.4 is 0 Å².